The Balaban J connectivity index is 1.68. The number of thiazole rings is 1. The second kappa shape index (κ2) is 6.85. The van der Waals surface area contributed by atoms with Gasteiger partial charge in [-0.05, 0) is 34.9 Å². The summed E-state index contributed by atoms with van der Waals surface area (Å²) in [4.78, 5) is 16.6. The lowest BCUT2D eigenvalue weighted by Crippen LogP contribution is -2.32. The van der Waals surface area contributed by atoms with Crippen LogP contribution in [-0.4, -0.2) is 20.7 Å². The number of rotatable bonds is 6. The highest BCUT2D eigenvalue weighted by molar-refractivity contribution is 7.09. The number of aromatic nitrogens is 3. The normalized spacial score (nSPS) is 12.2. The van der Waals surface area contributed by atoms with Gasteiger partial charge in [0.25, 0.3) is 0 Å². The van der Waals surface area contributed by atoms with Crippen molar-refractivity contribution < 1.29 is 4.79 Å². The molecule has 1 N–H and O–H groups in total. The van der Waals surface area contributed by atoms with Gasteiger partial charge in [-0.15, -0.1) is 11.3 Å². The Labute approximate surface area is 136 Å². The molecule has 0 spiro atoms. The van der Waals surface area contributed by atoms with E-state index in [4.69, 9.17) is 0 Å². The van der Waals surface area contributed by atoms with Crippen molar-refractivity contribution in [3.05, 3.63) is 56.9 Å². The van der Waals surface area contributed by atoms with Crippen LogP contribution in [0.5, 0.6) is 0 Å². The third-order valence-corrected chi connectivity index (χ3v) is 4.79. The molecule has 1 unspecified atom stereocenters. The summed E-state index contributed by atoms with van der Waals surface area (Å²) < 4.78 is 1.65. The molecule has 0 bridgehead atoms. The predicted molar refractivity (Wildman–Crippen MR) is 88.0 cm³/mol. The maximum atomic E-state index is 12.3. The van der Waals surface area contributed by atoms with Crippen molar-refractivity contribution in [3.8, 4) is 0 Å². The van der Waals surface area contributed by atoms with Crippen molar-refractivity contribution in [2.24, 2.45) is 0 Å². The van der Waals surface area contributed by atoms with Gasteiger partial charge >= 0.3 is 0 Å². The van der Waals surface area contributed by atoms with Gasteiger partial charge < -0.3 is 5.32 Å². The van der Waals surface area contributed by atoms with Crippen LogP contribution in [0.4, 0.5) is 0 Å². The molecule has 3 aromatic rings. The molecule has 0 radical (unpaired) electrons. The van der Waals surface area contributed by atoms with Crippen molar-refractivity contribution in [1.29, 1.82) is 0 Å². The first kappa shape index (κ1) is 14.9. The lowest BCUT2D eigenvalue weighted by atomic mass is 10.1. The van der Waals surface area contributed by atoms with E-state index in [2.05, 4.69) is 26.8 Å². The van der Waals surface area contributed by atoms with Gasteiger partial charge in [0.15, 0.2) is 0 Å². The number of carbonyl (C=O) groups is 1. The van der Waals surface area contributed by atoms with Gasteiger partial charge in [-0.1, -0.05) is 0 Å². The molecular weight excluding hydrogens is 316 g/mol. The fourth-order valence-corrected chi connectivity index (χ4v) is 3.56. The summed E-state index contributed by atoms with van der Waals surface area (Å²) in [5, 5.41) is 14.2. The van der Waals surface area contributed by atoms with Crippen LogP contribution in [-0.2, 0) is 17.8 Å². The van der Waals surface area contributed by atoms with Gasteiger partial charge in [0.1, 0.15) is 11.6 Å². The molecule has 0 fully saturated rings. The Bertz CT molecular complexity index is 719. The van der Waals surface area contributed by atoms with Crippen LogP contribution >= 0.6 is 22.7 Å². The Morgan fingerprint density at radius 2 is 2.36 bits per heavy atom. The highest BCUT2D eigenvalue weighted by Gasteiger charge is 2.18. The molecule has 0 aliphatic heterocycles. The van der Waals surface area contributed by atoms with Crippen molar-refractivity contribution in [1.82, 2.24) is 20.1 Å². The zero-order chi connectivity index (χ0) is 15.4. The summed E-state index contributed by atoms with van der Waals surface area (Å²) in [5.74, 6) is -0.0569. The minimum Gasteiger partial charge on any atom is -0.345 e. The van der Waals surface area contributed by atoms with Crippen molar-refractivity contribution in [2.75, 3.05) is 0 Å². The number of hydrogen-bond acceptors (Lipinski definition) is 5. The highest BCUT2D eigenvalue weighted by Crippen LogP contribution is 2.21. The Kier molecular flexibility index (Phi) is 4.65. The number of aryl methyl sites for hydroxylation is 1. The minimum atomic E-state index is -0.0984. The molecule has 0 saturated heterocycles. The zero-order valence-corrected chi connectivity index (χ0v) is 13.7. The van der Waals surface area contributed by atoms with Gasteiger partial charge in [-0.25, -0.2) is 4.98 Å². The molecule has 5 nitrogen and oxygen atoms in total. The first-order chi connectivity index (χ1) is 10.7. The molecule has 0 aliphatic carbocycles. The number of thiophene rings is 1. The summed E-state index contributed by atoms with van der Waals surface area (Å²) in [6.45, 7) is 2.18. The molecule has 114 valence electrons. The number of hydrogen-bond donors (Lipinski definition) is 1. The first-order valence-corrected chi connectivity index (χ1v) is 8.72. The van der Waals surface area contributed by atoms with E-state index in [0.717, 1.165) is 17.0 Å². The number of nitrogens with zero attached hydrogens (tertiary/aromatic N) is 3. The van der Waals surface area contributed by atoms with E-state index in [0.29, 0.717) is 0 Å². The van der Waals surface area contributed by atoms with E-state index in [1.165, 1.54) is 5.56 Å². The molecule has 3 heterocycles. The second-order valence-corrected chi connectivity index (χ2v) is 6.75. The maximum Gasteiger partial charge on any atom is 0.242 e. The first-order valence-electron chi connectivity index (χ1n) is 6.89. The fourth-order valence-electron chi connectivity index (χ4n) is 2.19. The molecule has 0 aliphatic rings. The van der Waals surface area contributed by atoms with Crippen LogP contribution < -0.4 is 5.32 Å². The largest absolute Gasteiger partial charge is 0.345 e. The molecule has 0 aromatic carbocycles. The summed E-state index contributed by atoms with van der Waals surface area (Å²) in [6, 6.07) is 1.98. The molecule has 22 heavy (non-hydrogen) atoms. The van der Waals surface area contributed by atoms with Crippen LogP contribution in [0.1, 0.15) is 22.2 Å². The lowest BCUT2D eigenvalue weighted by molar-refractivity contribution is -0.122. The average Bonchev–Trinajstić information content (AvgIpc) is 3.20. The van der Waals surface area contributed by atoms with E-state index in [1.807, 2.05) is 23.9 Å². The maximum absolute atomic E-state index is 12.3. The van der Waals surface area contributed by atoms with Gasteiger partial charge in [-0.3, -0.25) is 9.48 Å². The SMILES string of the molecule is Cc1cnn(CC(=O)NC(Cc2ccsc2)c2nccs2)c1. The third kappa shape index (κ3) is 3.80. The Hall–Kier alpha value is -1.99. The van der Waals surface area contributed by atoms with Gasteiger partial charge in [0.2, 0.25) is 5.91 Å². The Morgan fingerprint density at radius 3 is 3.00 bits per heavy atom. The summed E-state index contributed by atoms with van der Waals surface area (Å²) in [5.41, 5.74) is 2.25. The molecule has 3 aromatic heterocycles. The van der Waals surface area contributed by atoms with Crippen molar-refractivity contribution >= 4 is 28.6 Å². The van der Waals surface area contributed by atoms with Crippen LogP contribution in [0, 0.1) is 6.92 Å². The smallest absolute Gasteiger partial charge is 0.242 e. The number of amides is 1. The standard InChI is InChI=1S/C15H16N4OS2/c1-11-7-17-19(8-11)9-14(20)18-13(15-16-3-5-22-15)6-12-2-4-21-10-12/h2-5,7-8,10,13H,6,9H2,1H3,(H,18,20). The molecule has 3 rings (SSSR count). The summed E-state index contributed by atoms with van der Waals surface area (Å²) in [6.07, 6.45) is 6.12. The van der Waals surface area contributed by atoms with Gasteiger partial charge in [0.05, 0.1) is 12.2 Å². The topological polar surface area (TPSA) is 59.8 Å². The van der Waals surface area contributed by atoms with E-state index in [9.17, 15) is 4.79 Å². The summed E-state index contributed by atoms with van der Waals surface area (Å²) in [7, 11) is 0. The monoisotopic (exact) mass is 332 g/mol. The fraction of sp³-hybridized carbons (Fsp3) is 0.267. The second-order valence-electron chi connectivity index (χ2n) is 5.04. The quantitative estimate of drug-likeness (QED) is 0.755. The third-order valence-electron chi connectivity index (χ3n) is 3.17. The van der Waals surface area contributed by atoms with E-state index in [1.54, 1.807) is 39.7 Å². The molecule has 7 heteroatoms. The number of carbonyl (C=O) groups excluding carboxylic acids is 1. The van der Waals surface area contributed by atoms with Crippen LogP contribution in [0.15, 0.2) is 40.8 Å². The molecule has 1 amide bonds. The van der Waals surface area contributed by atoms with Crippen molar-refractivity contribution in [3.63, 3.8) is 0 Å². The predicted octanol–water partition coefficient (Wildman–Crippen LogP) is 2.81. The highest BCUT2D eigenvalue weighted by atomic mass is 32.1. The van der Waals surface area contributed by atoms with Gasteiger partial charge in [-0.2, -0.15) is 16.4 Å². The van der Waals surface area contributed by atoms with Gasteiger partial charge in [0, 0.05) is 24.2 Å². The Morgan fingerprint density at radius 1 is 1.45 bits per heavy atom. The molecule has 0 saturated carbocycles. The molecule has 1 atom stereocenters. The average molecular weight is 332 g/mol. The lowest BCUT2D eigenvalue weighted by Gasteiger charge is -2.16. The zero-order valence-electron chi connectivity index (χ0n) is 12.1. The van der Waals surface area contributed by atoms with Crippen LogP contribution in [0.25, 0.3) is 0 Å². The van der Waals surface area contributed by atoms with Crippen molar-refractivity contribution in [2.45, 2.75) is 25.9 Å². The number of nitrogens with one attached hydrogen (secondary N) is 1. The minimum absolute atomic E-state index is 0.0569. The van der Waals surface area contributed by atoms with E-state index >= 15 is 0 Å². The molecular formula is C15H16N4OS2. The van der Waals surface area contributed by atoms with E-state index in [-0.39, 0.29) is 18.5 Å². The van der Waals surface area contributed by atoms with E-state index < -0.39 is 0 Å². The van der Waals surface area contributed by atoms with Crippen LogP contribution in [0.3, 0.4) is 0 Å². The summed E-state index contributed by atoms with van der Waals surface area (Å²) >= 11 is 3.22. The van der Waals surface area contributed by atoms with Crippen LogP contribution in [0.2, 0.25) is 0 Å².